The first-order valence-electron chi connectivity index (χ1n) is 24.7. The summed E-state index contributed by atoms with van der Waals surface area (Å²) in [6.07, 6.45) is 51.6. The van der Waals surface area contributed by atoms with Gasteiger partial charge in [0.05, 0.1) is 34.4 Å². The lowest BCUT2D eigenvalue weighted by atomic mass is 10.0. The Hall–Kier alpha value is -2.71. The first kappa shape index (κ1) is 57.3. The summed E-state index contributed by atoms with van der Waals surface area (Å²) < 4.78 is 17.3. The molecule has 0 spiro atoms. The molecule has 0 amide bonds. The second-order valence-corrected chi connectivity index (χ2v) is 17.8. The molecule has 1 N–H and O–H groups in total. The molecule has 0 aromatic carbocycles. The van der Waals surface area contributed by atoms with Crippen LogP contribution in [-0.2, 0) is 28.6 Å². The van der Waals surface area contributed by atoms with Gasteiger partial charge >= 0.3 is 17.9 Å². The second-order valence-electron chi connectivity index (χ2n) is 17.8. The van der Waals surface area contributed by atoms with Crippen LogP contribution in [0.15, 0.2) is 48.6 Å². The summed E-state index contributed by atoms with van der Waals surface area (Å²) in [5.74, 6) is -1.49. The summed E-state index contributed by atoms with van der Waals surface area (Å²) >= 11 is 0. The van der Waals surface area contributed by atoms with E-state index in [0.717, 1.165) is 64.2 Å². The number of aliphatic carboxylic acids is 1. The smallest absolute Gasteiger partial charge is 0.362 e. The molecule has 0 aliphatic carbocycles. The van der Waals surface area contributed by atoms with Crippen molar-refractivity contribution in [1.29, 1.82) is 0 Å². The number of likely N-dealkylation sites (N-methyl/N-ethyl adjacent to an activating group) is 1. The van der Waals surface area contributed by atoms with Gasteiger partial charge in [-0.1, -0.05) is 210 Å². The van der Waals surface area contributed by atoms with E-state index in [2.05, 4.69) is 38.2 Å². The second kappa shape index (κ2) is 43.0. The summed E-state index contributed by atoms with van der Waals surface area (Å²) in [5.41, 5.74) is 0. The minimum atomic E-state index is -0.878. The highest BCUT2D eigenvalue weighted by atomic mass is 16.6. The molecular weight excluding hydrogens is 751 g/mol. The van der Waals surface area contributed by atoms with Crippen LogP contribution in [0, 0.1) is 0 Å². The van der Waals surface area contributed by atoms with Crippen LogP contribution >= 0.6 is 0 Å². The Bertz CT molecular complexity index is 1120. The lowest BCUT2D eigenvalue weighted by molar-refractivity contribution is -0.887. The molecule has 0 aliphatic heterocycles. The maximum absolute atomic E-state index is 12.8. The number of nitrogens with zero attached hydrogens (tertiary/aromatic N) is 1. The average Bonchev–Trinajstić information content (AvgIpc) is 3.21. The molecule has 0 aromatic rings. The van der Waals surface area contributed by atoms with E-state index in [-0.39, 0.29) is 36.2 Å². The van der Waals surface area contributed by atoms with Gasteiger partial charge in [-0.2, -0.15) is 0 Å². The molecular formula is C52H94NO7+. The summed E-state index contributed by atoms with van der Waals surface area (Å²) in [7, 11) is 5.53. The van der Waals surface area contributed by atoms with E-state index in [9.17, 15) is 19.5 Å². The number of unbranched alkanes of at least 4 members (excludes halogenated alkanes) is 25. The van der Waals surface area contributed by atoms with E-state index in [1.807, 2.05) is 45.4 Å². The molecule has 8 heteroatoms. The van der Waals surface area contributed by atoms with Crippen LogP contribution < -0.4 is 0 Å². The maximum Gasteiger partial charge on any atom is 0.362 e. The predicted octanol–water partition coefficient (Wildman–Crippen LogP) is 14.0. The van der Waals surface area contributed by atoms with Gasteiger partial charge in [-0.3, -0.25) is 9.59 Å². The Morgan fingerprint density at radius 3 is 1.38 bits per heavy atom. The Morgan fingerprint density at radius 2 is 0.933 bits per heavy atom. The van der Waals surface area contributed by atoms with E-state index in [1.165, 1.54) is 116 Å². The van der Waals surface area contributed by atoms with Gasteiger partial charge in [-0.15, -0.1) is 0 Å². The van der Waals surface area contributed by atoms with E-state index in [0.29, 0.717) is 19.3 Å². The number of carbonyl (C=O) groups excluding carboxylic acids is 2. The third kappa shape index (κ3) is 40.7. The highest BCUT2D eigenvalue weighted by Gasteiger charge is 2.31. The first-order valence-corrected chi connectivity index (χ1v) is 24.7. The van der Waals surface area contributed by atoms with Gasteiger partial charge in [-0.05, 0) is 32.1 Å². The molecule has 60 heavy (non-hydrogen) atoms. The van der Waals surface area contributed by atoms with Crippen LogP contribution in [0.25, 0.3) is 0 Å². The molecule has 0 aromatic heterocycles. The van der Waals surface area contributed by atoms with Crippen LogP contribution in [0.1, 0.15) is 213 Å². The maximum atomic E-state index is 12.8. The predicted molar refractivity (Wildman–Crippen MR) is 252 cm³/mol. The van der Waals surface area contributed by atoms with Gasteiger partial charge in [-0.25, -0.2) is 4.79 Å². The van der Waals surface area contributed by atoms with Gasteiger partial charge in [0.1, 0.15) is 6.61 Å². The van der Waals surface area contributed by atoms with Crippen LogP contribution in [0.5, 0.6) is 0 Å². The van der Waals surface area contributed by atoms with E-state index >= 15 is 0 Å². The summed E-state index contributed by atoms with van der Waals surface area (Å²) in [6, 6.07) is -0.618. The third-order valence-electron chi connectivity index (χ3n) is 11.1. The number of carboxylic acids is 1. The van der Waals surface area contributed by atoms with E-state index < -0.39 is 18.1 Å². The van der Waals surface area contributed by atoms with Gasteiger partial charge in [0.2, 0.25) is 0 Å². The molecule has 0 radical (unpaired) electrons. The summed E-state index contributed by atoms with van der Waals surface area (Å²) in [6.45, 7) is 4.60. The molecule has 0 heterocycles. The zero-order valence-corrected chi connectivity index (χ0v) is 39.7. The highest BCUT2D eigenvalue weighted by molar-refractivity contribution is 5.72. The molecule has 348 valence electrons. The number of ether oxygens (including phenoxy) is 3. The highest BCUT2D eigenvalue weighted by Crippen LogP contribution is 2.16. The van der Waals surface area contributed by atoms with Crippen molar-refractivity contribution in [2.75, 3.05) is 41.0 Å². The van der Waals surface area contributed by atoms with Crippen molar-refractivity contribution in [2.45, 2.75) is 225 Å². The van der Waals surface area contributed by atoms with Crippen LogP contribution in [0.4, 0.5) is 0 Å². The average molecular weight is 845 g/mol. The molecule has 0 bridgehead atoms. The number of rotatable bonds is 44. The largest absolute Gasteiger partial charge is 0.477 e. The van der Waals surface area contributed by atoms with Gasteiger partial charge in [0.15, 0.2) is 12.1 Å². The summed E-state index contributed by atoms with van der Waals surface area (Å²) in [5, 5.41) is 9.64. The SMILES string of the molecule is CC/C=C/C=C/C=C/C=C/CCCCCCCC(=O)OCC(COCCC(C(=O)O)[N+](C)(C)C)OC(=O)CCCCCCCCCCCCCCCCCCCCCCC. The Morgan fingerprint density at radius 1 is 0.517 bits per heavy atom. The molecule has 2 unspecified atom stereocenters. The molecule has 0 aliphatic rings. The van der Waals surface area contributed by atoms with Crippen molar-refractivity contribution in [2.24, 2.45) is 0 Å². The number of hydrogen-bond acceptors (Lipinski definition) is 6. The van der Waals surface area contributed by atoms with Gasteiger partial charge in [0, 0.05) is 19.3 Å². The van der Waals surface area contributed by atoms with Crippen LogP contribution in [-0.4, -0.2) is 80.6 Å². The quantitative estimate of drug-likeness (QED) is 0.0282. The normalized spacial score (nSPS) is 13.3. The number of carbonyl (C=O) groups is 3. The zero-order valence-electron chi connectivity index (χ0n) is 39.7. The van der Waals surface area contributed by atoms with Crippen molar-refractivity contribution in [1.82, 2.24) is 0 Å². The molecule has 0 saturated carbocycles. The molecule has 0 saturated heterocycles. The number of carboxylic acid groups (broad SMARTS) is 1. The van der Waals surface area contributed by atoms with E-state index in [1.54, 1.807) is 0 Å². The molecule has 8 nitrogen and oxygen atoms in total. The minimum Gasteiger partial charge on any atom is -0.477 e. The van der Waals surface area contributed by atoms with Crippen molar-refractivity contribution in [3.63, 3.8) is 0 Å². The minimum absolute atomic E-state index is 0.0546. The Labute approximate surface area is 369 Å². The number of hydrogen-bond donors (Lipinski definition) is 1. The van der Waals surface area contributed by atoms with Crippen molar-refractivity contribution >= 4 is 17.9 Å². The van der Waals surface area contributed by atoms with Crippen molar-refractivity contribution in [3.8, 4) is 0 Å². The lowest BCUT2D eigenvalue weighted by Crippen LogP contribution is -2.50. The Balaban J connectivity index is 4.25. The monoisotopic (exact) mass is 845 g/mol. The van der Waals surface area contributed by atoms with Crippen molar-refractivity contribution in [3.05, 3.63) is 48.6 Å². The topological polar surface area (TPSA) is 99.1 Å². The molecule has 2 atom stereocenters. The Kier molecular flexibility index (Phi) is 41.0. The number of esters is 2. The fourth-order valence-corrected chi connectivity index (χ4v) is 7.28. The fraction of sp³-hybridized carbons (Fsp3) is 0.788. The molecule has 0 fully saturated rings. The molecule has 0 rings (SSSR count). The number of allylic oxidation sites excluding steroid dienone is 8. The lowest BCUT2D eigenvalue weighted by Gasteiger charge is -2.31. The van der Waals surface area contributed by atoms with Crippen LogP contribution in [0.2, 0.25) is 0 Å². The van der Waals surface area contributed by atoms with Gasteiger partial charge in [0.25, 0.3) is 0 Å². The standard InChI is InChI=1S/C52H93NO7/c1-6-8-10-12-14-16-18-20-22-23-24-25-26-27-29-31-33-35-37-39-41-43-51(55)60-48(46-58-45-44-49(52(56)57)53(3,4)5)47-59-50(54)42-40-38-36-34-32-30-28-21-19-17-15-13-11-9-7-2/h9,11,13,15,17,19,21,28,48-49H,6-8,10,12,14,16,18,20,22-27,29-47H2,1-5H3/p+1/b11-9+,15-13+,19-17+,28-21+. The first-order chi connectivity index (χ1) is 29.1. The number of quaternary nitrogens is 1. The summed E-state index contributed by atoms with van der Waals surface area (Å²) in [4.78, 5) is 37.1. The van der Waals surface area contributed by atoms with Crippen LogP contribution in [0.3, 0.4) is 0 Å². The van der Waals surface area contributed by atoms with Crippen molar-refractivity contribution < 1.29 is 38.2 Å². The van der Waals surface area contributed by atoms with E-state index in [4.69, 9.17) is 14.2 Å². The van der Waals surface area contributed by atoms with Gasteiger partial charge < -0.3 is 23.8 Å². The zero-order chi connectivity index (χ0) is 44.2. The fourth-order valence-electron chi connectivity index (χ4n) is 7.28. The third-order valence-corrected chi connectivity index (χ3v) is 11.1.